The van der Waals surface area contributed by atoms with Gasteiger partial charge in [-0.25, -0.2) is 0 Å². The minimum absolute atomic E-state index is 0.479. The van der Waals surface area contributed by atoms with E-state index in [2.05, 4.69) is 12.6 Å². The van der Waals surface area contributed by atoms with Crippen LogP contribution >= 0.6 is 12.6 Å². The molecule has 2 aliphatic heterocycles. The Labute approximate surface area is 257 Å². The highest BCUT2D eigenvalue weighted by Crippen LogP contribution is 2.35. The zero-order valence-electron chi connectivity index (χ0n) is 25.1. The molecule has 248 valence electrons. The summed E-state index contributed by atoms with van der Waals surface area (Å²) in [6.07, 6.45) is -13.4. The molecule has 0 amide bonds. The van der Waals surface area contributed by atoms with Crippen LogP contribution in [0.4, 0.5) is 0 Å². The third-order valence-electron chi connectivity index (χ3n) is 5.90. The SMILES string of the molecule is CC(=O)OC[C@H]1O[C@@H](O[C@H]2[C@H](OC(C)=O)[C@@H](OC(C)=O)[C@@H](S)O[C@@H]2COC(C)=O)[C@H](OC(C)=O)[C@@H](OC(C)=O)[C@H]1OC(C)=O. The summed E-state index contributed by atoms with van der Waals surface area (Å²) in [5.41, 5.74) is -1.21. The summed E-state index contributed by atoms with van der Waals surface area (Å²) >= 11 is 4.30. The molecule has 0 aliphatic carbocycles. The van der Waals surface area contributed by atoms with Crippen LogP contribution in [-0.4, -0.2) is 116 Å². The minimum Gasteiger partial charge on any atom is -0.463 e. The van der Waals surface area contributed by atoms with Crippen LogP contribution in [0.15, 0.2) is 0 Å². The summed E-state index contributed by atoms with van der Waals surface area (Å²) in [6.45, 7) is 6.50. The van der Waals surface area contributed by atoms with Crippen molar-refractivity contribution >= 4 is 54.4 Å². The first kappa shape index (κ1) is 36.7. The van der Waals surface area contributed by atoms with E-state index >= 15 is 0 Å². The molecule has 0 unspecified atom stereocenters. The Morgan fingerprint density at radius 3 is 1.27 bits per heavy atom. The molecule has 2 aliphatic rings. The molecule has 2 heterocycles. The van der Waals surface area contributed by atoms with Gasteiger partial charge < -0.3 is 47.4 Å². The Balaban J connectivity index is 2.66. The molecule has 2 rings (SSSR count). The number of hydrogen-bond donors (Lipinski definition) is 1. The second-order valence-electron chi connectivity index (χ2n) is 9.68. The van der Waals surface area contributed by atoms with Crippen molar-refractivity contribution in [3.05, 3.63) is 0 Å². The number of esters is 7. The van der Waals surface area contributed by atoms with Gasteiger partial charge in [-0.2, -0.15) is 0 Å². The molecular formula is C26H36O17S. The Morgan fingerprint density at radius 1 is 0.477 bits per heavy atom. The van der Waals surface area contributed by atoms with Crippen molar-refractivity contribution in [2.45, 2.75) is 109 Å². The van der Waals surface area contributed by atoms with Crippen molar-refractivity contribution in [3.63, 3.8) is 0 Å². The average molecular weight is 653 g/mol. The molecule has 0 aromatic carbocycles. The van der Waals surface area contributed by atoms with E-state index in [1.54, 1.807) is 0 Å². The van der Waals surface area contributed by atoms with Crippen molar-refractivity contribution < 1.29 is 80.9 Å². The molecule has 44 heavy (non-hydrogen) atoms. The van der Waals surface area contributed by atoms with E-state index in [1.165, 1.54) is 0 Å². The molecule has 18 heteroatoms. The van der Waals surface area contributed by atoms with Crippen LogP contribution in [0.1, 0.15) is 48.5 Å². The summed E-state index contributed by atoms with van der Waals surface area (Å²) in [6, 6.07) is 0. The van der Waals surface area contributed by atoms with Crippen molar-refractivity contribution in [2.24, 2.45) is 0 Å². The molecule has 0 N–H and O–H groups in total. The fourth-order valence-electron chi connectivity index (χ4n) is 4.49. The number of carbonyl (C=O) groups is 7. The van der Waals surface area contributed by atoms with Gasteiger partial charge in [0.1, 0.15) is 37.0 Å². The predicted molar refractivity (Wildman–Crippen MR) is 142 cm³/mol. The van der Waals surface area contributed by atoms with E-state index in [9.17, 15) is 33.6 Å². The Bertz CT molecular complexity index is 1090. The highest BCUT2D eigenvalue weighted by atomic mass is 32.1. The van der Waals surface area contributed by atoms with Crippen molar-refractivity contribution in [3.8, 4) is 0 Å². The highest BCUT2D eigenvalue weighted by Gasteiger charge is 2.57. The van der Waals surface area contributed by atoms with Crippen LogP contribution < -0.4 is 0 Å². The summed E-state index contributed by atoms with van der Waals surface area (Å²) in [7, 11) is 0. The largest absolute Gasteiger partial charge is 0.463 e. The molecule has 0 saturated carbocycles. The Morgan fingerprint density at radius 2 is 0.841 bits per heavy atom. The highest BCUT2D eigenvalue weighted by molar-refractivity contribution is 7.80. The van der Waals surface area contributed by atoms with Crippen molar-refractivity contribution in [2.75, 3.05) is 13.2 Å². The zero-order valence-corrected chi connectivity index (χ0v) is 26.0. The van der Waals surface area contributed by atoms with E-state index in [-0.39, 0.29) is 0 Å². The second kappa shape index (κ2) is 16.6. The molecule has 10 atom stereocenters. The number of carbonyl (C=O) groups excluding carboxylic acids is 7. The molecule has 0 radical (unpaired) electrons. The fourth-order valence-corrected chi connectivity index (χ4v) is 4.88. The van der Waals surface area contributed by atoms with Crippen LogP contribution in [0.25, 0.3) is 0 Å². The Kier molecular flexibility index (Phi) is 13.8. The molecular weight excluding hydrogens is 616 g/mol. The summed E-state index contributed by atoms with van der Waals surface area (Å²) < 4.78 is 55.0. The van der Waals surface area contributed by atoms with Crippen LogP contribution in [0.2, 0.25) is 0 Å². The molecule has 0 aromatic rings. The molecule has 2 fully saturated rings. The molecule has 0 aromatic heterocycles. The van der Waals surface area contributed by atoms with E-state index in [1.807, 2.05) is 0 Å². The fraction of sp³-hybridized carbons (Fsp3) is 0.731. The number of rotatable bonds is 11. The standard InChI is InChI=1S/C26H36O17S/c1-10(27)34-8-17-19(36-12(3)29)21(37-13(4)30)23(39-15(6)32)25(41-17)43-20-18(9-35-11(2)28)42-26(44)24(40-16(7)33)22(20)38-14(5)31/h17-26,44H,8-9H2,1-7H3/t17-,18-,19+,20-,21+,22+,23-,24-,25+,26-/m1/s1. The van der Waals surface area contributed by atoms with Gasteiger partial charge in [0, 0.05) is 48.5 Å². The normalized spacial score (nSPS) is 31.5. The smallest absolute Gasteiger partial charge is 0.303 e. The van der Waals surface area contributed by atoms with Gasteiger partial charge >= 0.3 is 41.8 Å². The molecule has 17 nitrogen and oxygen atoms in total. The van der Waals surface area contributed by atoms with Crippen LogP contribution in [0.5, 0.6) is 0 Å². The van der Waals surface area contributed by atoms with E-state index in [4.69, 9.17) is 47.4 Å². The van der Waals surface area contributed by atoms with Gasteiger partial charge in [0.15, 0.2) is 36.8 Å². The number of hydrogen-bond acceptors (Lipinski definition) is 18. The van der Waals surface area contributed by atoms with Crippen LogP contribution in [-0.2, 0) is 80.9 Å². The first-order valence-electron chi connectivity index (χ1n) is 13.3. The predicted octanol–water partition coefficient (Wildman–Crippen LogP) is -0.464. The van der Waals surface area contributed by atoms with Gasteiger partial charge in [0.05, 0.1) is 0 Å². The summed E-state index contributed by atoms with van der Waals surface area (Å²) in [5, 5.41) is 0. The first-order chi connectivity index (χ1) is 20.5. The maximum atomic E-state index is 12.2. The van der Waals surface area contributed by atoms with Gasteiger partial charge in [-0.3, -0.25) is 33.6 Å². The quantitative estimate of drug-likeness (QED) is 0.170. The van der Waals surface area contributed by atoms with Gasteiger partial charge in [-0.15, -0.1) is 12.6 Å². The van der Waals surface area contributed by atoms with Gasteiger partial charge in [0.25, 0.3) is 0 Å². The molecule has 2 saturated heterocycles. The summed E-state index contributed by atoms with van der Waals surface area (Å²) in [4.78, 5) is 83.7. The van der Waals surface area contributed by atoms with E-state index in [0.717, 1.165) is 48.5 Å². The maximum Gasteiger partial charge on any atom is 0.303 e. The van der Waals surface area contributed by atoms with E-state index in [0.29, 0.717) is 0 Å². The van der Waals surface area contributed by atoms with Crippen molar-refractivity contribution in [1.29, 1.82) is 0 Å². The van der Waals surface area contributed by atoms with E-state index < -0.39 is 116 Å². The molecule has 0 spiro atoms. The Hall–Kier alpha value is -3.48. The second-order valence-corrected chi connectivity index (χ2v) is 10.2. The lowest BCUT2D eigenvalue weighted by Gasteiger charge is -2.48. The monoisotopic (exact) mass is 652 g/mol. The minimum atomic E-state index is -1.74. The first-order valence-corrected chi connectivity index (χ1v) is 13.8. The third kappa shape index (κ3) is 10.9. The van der Waals surface area contributed by atoms with Crippen LogP contribution in [0.3, 0.4) is 0 Å². The number of thiol groups is 1. The lowest BCUT2D eigenvalue weighted by Crippen LogP contribution is -2.66. The topological polar surface area (TPSA) is 212 Å². The van der Waals surface area contributed by atoms with Gasteiger partial charge in [-0.1, -0.05) is 0 Å². The average Bonchev–Trinajstić information content (AvgIpc) is 2.87. The van der Waals surface area contributed by atoms with Gasteiger partial charge in [0.2, 0.25) is 0 Å². The van der Waals surface area contributed by atoms with Crippen molar-refractivity contribution in [1.82, 2.24) is 0 Å². The lowest BCUT2D eigenvalue weighted by atomic mass is 9.96. The molecule has 0 bridgehead atoms. The lowest BCUT2D eigenvalue weighted by molar-refractivity contribution is -0.341. The third-order valence-corrected chi connectivity index (χ3v) is 6.32. The van der Waals surface area contributed by atoms with Crippen LogP contribution in [0, 0.1) is 0 Å². The van der Waals surface area contributed by atoms with Gasteiger partial charge in [-0.05, 0) is 0 Å². The zero-order chi connectivity index (χ0) is 33.3. The number of ether oxygens (including phenoxy) is 10. The summed E-state index contributed by atoms with van der Waals surface area (Å²) in [5.74, 6) is -5.69. The maximum absolute atomic E-state index is 12.2.